The van der Waals surface area contributed by atoms with Crippen LogP contribution in [0.4, 0.5) is 16.2 Å². The fourth-order valence-electron chi connectivity index (χ4n) is 2.17. The second-order valence-corrected chi connectivity index (χ2v) is 7.43. The van der Waals surface area contributed by atoms with Crippen LogP contribution in [0.2, 0.25) is 0 Å². The summed E-state index contributed by atoms with van der Waals surface area (Å²) in [5.74, 6) is -0.415. The Bertz CT molecular complexity index is 894. The molecule has 0 radical (unpaired) electrons. The Labute approximate surface area is 158 Å². The van der Waals surface area contributed by atoms with Crippen LogP contribution in [0.25, 0.3) is 0 Å². The van der Waals surface area contributed by atoms with Gasteiger partial charge in [-0.15, -0.1) is 0 Å². The highest BCUT2D eigenvalue weighted by atomic mass is 32.2. The molecule has 2 amide bonds. The molecule has 2 aromatic rings. The van der Waals surface area contributed by atoms with Gasteiger partial charge in [0.1, 0.15) is 0 Å². The maximum atomic E-state index is 12.0. The van der Waals surface area contributed by atoms with Crippen LogP contribution in [0.15, 0.2) is 48.5 Å². The third kappa shape index (κ3) is 6.98. The topological polar surface area (TPSA) is 114 Å². The van der Waals surface area contributed by atoms with E-state index in [1.807, 2.05) is 0 Å². The van der Waals surface area contributed by atoms with Gasteiger partial charge >= 0.3 is 12.0 Å². The quantitative estimate of drug-likeness (QED) is 0.628. The first-order chi connectivity index (χ1) is 12.8. The fourth-order valence-corrected chi connectivity index (χ4v) is 2.73. The highest BCUT2D eigenvalue weighted by molar-refractivity contribution is 7.92. The summed E-state index contributed by atoms with van der Waals surface area (Å²) in [6.07, 6.45) is 1.08. The van der Waals surface area contributed by atoms with Crippen LogP contribution < -0.4 is 15.4 Å². The number of carbonyl (C=O) groups excluding carboxylic acids is 2. The molecule has 0 fully saturated rings. The predicted molar refractivity (Wildman–Crippen MR) is 103 cm³/mol. The molecule has 0 saturated carbocycles. The van der Waals surface area contributed by atoms with Crippen molar-refractivity contribution in [2.75, 3.05) is 22.9 Å². The first-order valence-electron chi connectivity index (χ1n) is 8.15. The lowest BCUT2D eigenvalue weighted by Gasteiger charge is -2.09. The van der Waals surface area contributed by atoms with E-state index in [2.05, 4.69) is 15.4 Å². The maximum absolute atomic E-state index is 12.0. The van der Waals surface area contributed by atoms with Crippen LogP contribution in [0, 0.1) is 0 Å². The van der Waals surface area contributed by atoms with Gasteiger partial charge in [0.05, 0.1) is 18.4 Å². The van der Waals surface area contributed by atoms with E-state index in [9.17, 15) is 18.0 Å². The lowest BCUT2D eigenvalue weighted by Crippen LogP contribution is -2.28. The summed E-state index contributed by atoms with van der Waals surface area (Å²) in [7, 11) is -3.32. The highest BCUT2D eigenvalue weighted by Gasteiger charge is 2.07. The van der Waals surface area contributed by atoms with Gasteiger partial charge in [0, 0.05) is 17.9 Å². The van der Waals surface area contributed by atoms with E-state index in [0.717, 1.165) is 11.8 Å². The van der Waals surface area contributed by atoms with E-state index < -0.39 is 22.0 Å². The Balaban J connectivity index is 1.84. The molecule has 0 atom stereocenters. The SMILES string of the molecule is CCOC(=O)c1ccc(NC(=O)NCc2ccc(NS(C)(=O)=O)cc2)cc1. The number of rotatable bonds is 7. The molecule has 0 unspecified atom stereocenters. The van der Waals surface area contributed by atoms with E-state index in [0.29, 0.717) is 23.5 Å². The predicted octanol–water partition coefficient (Wildman–Crippen LogP) is 2.56. The third-order valence-electron chi connectivity index (χ3n) is 3.36. The third-order valence-corrected chi connectivity index (χ3v) is 3.97. The number of ether oxygens (including phenoxy) is 1. The van der Waals surface area contributed by atoms with Crippen LogP contribution >= 0.6 is 0 Å². The summed E-state index contributed by atoms with van der Waals surface area (Å²) >= 11 is 0. The molecule has 0 aliphatic carbocycles. The van der Waals surface area contributed by atoms with Crippen molar-refractivity contribution in [1.82, 2.24) is 5.32 Å². The van der Waals surface area contributed by atoms with Crippen molar-refractivity contribution in [1.29, 1.82) is 0 Å². The van der Waals surface area contributed by atoms with Gasteiger partial charge in [0.15, 0.2) is 0 Å². The largest absolute Gasteiger partial charge is 0.462 e. The Hall–Kier alpha value is -3.07. The van der Waals surface area contributed by atoms with E-state index in [1.54, 1.807) is 55.5 Å². The Morgan fingerprint density at radius 2 is 1.56 bits per heavy atom. The average Bonchev–Trinajstić information content (AvgIpc) is 2.61. The molecule has 3 N–H and O–H groups in total. The number of esters is 1. The number of anilines is 2. The monoisotopic (exact) mass is 391 g/mol. The molecular weight excluding hydrogens is 370 g/mol. The van der Waals surface area contributed by atoms with Crippen molar-refractivity contribution in [2.24, 2.45) is 0 Å². The molecule has 0 aliphatic heterocycles. The van der Waals surface area contributed by atoms with Crippen molar-refractivity contribution in [3.63, 3.8) is 0 Å². The number of nitrogens with one attached hydrogen (secondary N) is 3. The molecule has 8 nitrogen and oxygen atoms in total. The van der Waals surface area contributed by atoms with Crippen molar-refractivity contribution in [3.05, 3.63) is 59.7 Å². The van der Waals surface area contributed by atoms with E-state index in [1.165, 1.54) is 0 Å². The minimum atomic E-state index is -3.32. The second-order valence-electron chi connectivity index (χ2n) is 5.68. The number of hydrogen-bond acceptors (Lipinski definition) is 5. The number of hydrogen-bond donors (Lipinski definition) is 3. The maximum Gasteiger partial charge on any atom is 0.338 e. The molecule has 0 aromatic heterocycles. The molecule has 144 valence electrons. The van der Waals surface area contributed by atoms with Crippen LogP contribution in [-0.2, 0) is 21.3 Å². The summed E-state index contributed by atoms with van der Waals surface area (Å²) in [6, 6.07) is 12.6. The van der Waals surface area contributed by atoms with Crippen molar-refractivity contribution < 1.29 is 22.7 Å². The molecule has 0 bridgehead atoms. The lowest BCUT2D eigenvalue weighted by atomic mass is 10.2. The van der Waals surface area contributed by atoms with Gasteiger partial charge in [-0.2, -0.15) is 0 Å². The molecular formula is C18H21N3O5S. The fraction of sp³-hybridized carbons (Fsp3) is 0.222. The van der Waals surface area contributed by atoms with Crippen LogP contribution in [-0.4, -0.2) is 33.3 Å². The van der Waals surface area contributed by atoms with Gasteiger partial charge in [-0.3, -0.25) is 4.72 Å². The first kappa shape index (κ1) is 20.2. The van der Waals surface area contributed by atoms with Gasteiger partial charge in [0.2, 0.25) is 10.0 Å². The Morgan fingerprint density at radius 1 is 0.963 bits per heavy atom. The molecule has 27 heavy (non-hydrogen) atoms. The standard InChI is InChI=1S/C18H21N3O5S/c1-3-26-17(22)14-6-10-15(11-7-14)20-18(23)19-12-13-4-8-16(9-5-13)21-27(2,24)25/h4-11,21H,3,12H2,1-2H3,(H2,19,20,23). The Kier molecular flexibility index (Phi) is 6.78. The molecule has 0 aliphatic rings. The van der Waals surface area contributed by atoms with Crippen molar-refractivity contribution >= 4 is 33.4 Å². The van der Waals surface area contributed by atoms with E-state index in [4.69, 9.17) is 4.74 Å². The molecule has 0 heterocycles. The van der Waals surface area contributed by atoms with E-state index >= 15 is 0 Å². The summed E-state index contributed by atoms with van der Waals surface area (Å²) < 4.78 is 29.6. The molecule has 2 rings (SSSR count). The summed E-state index contributed by atoms with van der Waals surface area (Å²) in [5, 5.41) is 5.35. The molecule has 2 aromatic carbocycles. The first-order valence-corrected chi connectivity index (χ1v) is 10.0. The average molecular weight is 391 g/mol. The highest BCUT2D eigenvalue weighted by Crippen LogP contribution is 2.12. The second kappa shape index (κ2) is 9.04. The van der Waals surface area contributed by atoms with Crippen LogP contribution in [0.3, 0.4) is 0 Å². The van der Waals surface area contributed by atoms with E-state index in [-0.39, 0.29) is 6.54 Å². The van der Waals surface area contributed by atoms with Crippen molar-refractivity contribution in [2.45, 2.75) is 13.5 Å². The van der Waals surface area contributed by atoms with Gasteiger partial charge in [-0.1, -0.05) is 12.1 Å². The number of benzene rings is 2. The molecule has 0 spiro atoms. The number of amides is 2. The zero-order valence-corrected chi connectivity index (χ0v) is 15.8. The molecule has 9 heteroatoms. The minimum Gasteiger partial charge on any atom is -0.462 e. The van der Waals surface area contributed by atoms with Crippen molar-refractivity contribution in [3.8, 4) is 0 Å². The number of urea groups is 1. The summed E-state index contributed by atoms with van der Waals surface area (Å²) in [4.78, 5) is 23.5. The summed E-state index contributed by atoms with van der Waals surface area (Å²) in [6.45, 7) is 2.30. The summed E-state index contributed by atoms with van der Waals surface area (Å²) in [5.41, 5.74) is 2.20. The number of sulfonamides is 1. The van der Waals surface area contributed by atoms with Gasteiger partial charge in [-0.25, -0.2) is 18.0 Å². The lowest BCUT2D eigenvalue weighted by molar-refractivity contribution is 0.0526. The van der Waals surface area contributed by atoms with Crippen LogP contribution in [0.5, 0.6) is 0 Å². The normalized spacial score (nSPS) is 10.7. The zero-order chi connectivity index (χ0) is 19.9. The molecule has 0 saturated heterocycles. The zero-order valence-electron chi connectivity index (χ0n) is 15.0. The van der Waals surface area contributed by atoms with Gasteiger partial charge in [0.25, 0.3) is 0 Å². The Morgan fingerprint density at radius 3 is 2.11 bits per heavy atom. The minimum absolute atomic E-state index is 0.270. The van der Waals surface area contributed by atoms with Gasteiger partial charge < -0.3 is 15.4 Å². The smallest absolute Gasteiger partial charge is 0.338 e. The number of carbonyl (C=O) groups is 2. The van der Waals surface area contributed by atoms with Gasteiger partial charge in [-0.05, 0) is 48.9 Å². The van der Waals surface area contributed by atoms with Crippen LogP contribution in [0.1, 0.15) is 22.8 Å².